The van der Waals surface area contributed by atoms with Crippen LogP contribution in [0.3, 0.4) is 0 Å². The zero-order valence-electron chi connectivity index (χ0n) is 10.3. The van der Waals surface area contributed by atoms with Gasteiger partial charge in [0.1, 0.15) is 15.0 Å². The maximum Gasteiger partial charge on any atom is 0.296 e. The Balaban J connectivity index is 0.00000200. The first kappa shape index (κ1) is 16.3. The zero-order chi connectivity index (χ0) is 14.4. The summed E-state index contributed by atoms with van der Waals surface area (Å²) >= 11 is 0. The summed E-state index contributed by atoms with van der Waals surface area (Å²) in [7, 11) is -9.17. The van der Waals surface area contributed by atoms with Crippen LogP contribution in [-0.4, -0.2) is 25.9 Å². The van der Waals surface area contributed by atoms with Crippen LogP contribution in [0.5, 0.6) is 0 Å². The van der Waals surface area contributed by atoms with Crippen molar-refractivity contribution in [1.29, 1.82) is 0 Å². The summed E-state index contributed by atoms with van der Waals surface area (Å²) < 4.78 is 63.8. The Labute approximate surface area is 115 Å². The summed E-state index contributed by atoms with van der Waals surface area (Å²) in [5.74, 6) is 0. The molecule has 20 heavy (non-hydrogen) atoms. The van der Waals surface area contributed by atoms with E-state index in [0.29, 0.717) is 5.39 Å². The predicted octanol–water partition coefficient (Wildman–Crippen LogP) is 0.949. The van der Waals surface area contributed by atoms with Crippen molar-refractivity contribution in [3.8, 4) is 0 Å². The number of rotatable bonds is 2. The van der Waals surface area contributed by atoms with Crippen molar-refractivity contribution >= 4 is 36.7 Å². The minimum atomic E-state index is -4.65. The topological polar surface area (TPSA) is 174 Å². The van der Waals surface area contributed by atoms with E-state index in [-0.39, 0.29) is 17.2 Å². The van der Waals surface area contributed by atoms with Crippen LogP contribution in [-0.2, 0) is 20.2 Å². The molecule has 7 N–H and O–H groups in total. The Morgan fingerprint density at radius 3 is 2.10 bits per heavy atom. The summed E-state index contributed by atoms with van der Waals surface area (Å²) in [6.45, 7) is 0. The maximum absolute atomic E-state index is 11.1. The normalized spacial score (nSPS) is 12.1. The van der Waals surface area contributed by atoms with Crippen LogP contribution in [0.4, 0.5) is 5.69 Å². The van der Waals surface area contributed by atoms with Gasteiger partial charge in [-0.05, 0) is 35.0 Å². The van der Waals surface area contributed by atoms with Crippen LogP contribution in [0.1, 0.15) is 0 Å². The molecule has 0 spiro atoms. The third-order valence-corrected chi connectivity index (χ3v) is 4.25. The first-order valence-electron chi connectivity index (χ1n) is 4.86. The number of anilines is 1. The van der Waals surface area contributed by atoms with Gasteiger partial charge >= 0.3 is 0 Å². The molecule has 2 aromatic carbocycles. The summed E-state index contributed by atoms with van der Waals surface area (Å²) in [4.78, 5) is -1.04. The zero-order valence-corrected chi connectivity index (χ0v) is 11.9. The summed E-state index contributed by atoms with van der Waals surface area (Å²) in [6.07, 6.45) is 0. The van der Waals surface area contributed by atoms with Crippen LogP contribution in [0.2, 0.25) is 0 Å². The number of fused-ring (bicyclic) bond motifs is 1. The van der Waals surface area contributed by atoms with Crippen LogP contribution in [0.25, 0.3) is 10.8 Å². The lowest BCUT2D eigenvalue weighted by molar-refractivity contribution is 0.463. The summed E-state index contributed by atoms with van der Waals surface area (Å²) in [6, 6.07) is 5.71. The van der Waals surface area contributed by atoms with Crippen LogP contribution >= 0.6 is 0 Å². The minimum absolute atomic E-state index is 0. The fourth-order valence-electron chi connectivity index (χ4n) is 1.65. The smallest absolute Gasteiger partial charge is 0.296 e. The SMILES string of the molecule is Nc1cc2ccc(S(=O)(=O)[O-])cc2cc1S(=O)(=O)O.[NH4+]. The molecule has 0 saturated heterocycles. The first-order chi connectivity index (χ1) is 8.59. The van der Waals surface area contributed by atoms with Gasteiger partial charge in [-0.25, -0.2) is 8.42 Å². The van der Waals surface area contributed by atoms with Crippen LogP contribution in [0, 0.1) is 0 Å². The molecular formula is C10H12N2O6S2. The van der Waals surface area contributed by atoms with E-state index in [0.717, 1.165) is 18.2 Å². The number of hydrogen-bond donors (Lipinski definition) is 3. The highest BCUT2D eigenvalue weighted by Gasteiger charge is 2.15. The molecule has 0 fully saturated rings. The molecule has 0 atom stereocenters. The Morgan fingerprint density at radius 2 is 1.60 bits per heavy atom. The lowest BCUT2D eigenvalue weighted by atomic mass is 10.1. The second kappa shape index (κ2) is 5.00. The van der Waals surface area contributed by atoms with Gasteiger partial charge in [-0.2, -0.15) is 8.42 Å². The standard InChI is InChI=1S/C10H9NO6S2.H3N/c11-9-4-6-1-2-8(18(12,13)14)3-7(6)5-10(9)19(15,16)17;/h1-5H,11H2,(H,12,13,14)(H,15,16,17);1H3. The maximum atomic E-state index is 11.1. The Kier molecular flexibility index (Phi) is 4.08. The quantitative estimate of drug-likeness (QED) is 0.545. The van der Waals surface area contributed by atoms with Gasteiger partial charge in [-0.1, -0.05) is 6.07 Å². The van der Waals surface area contributed by atoms with Crippen molar-refractivity contribution in [3.63, 3.8) is 0 Å². The molecule has 8 nitrogen and oxygen atoms in total. The fourth-order valence-corrected chi connectivity index (χ4v) is 2.79. The van der Waals surface area contributed by atoms with Crippen molar-refractivity contribution in [2.75, 3.05) is 5.73 Å². The van der Waals surface area contributed by atoms with Gasteiger partial charge in [0.15, 0.2) is 0 Å². The van der Waals surface area contributed by atoms with E-state index in [1.54, 1.807) is 0 Å². The second-order valence-electron chi connectivity index (χ2n) is 3.83. The Hall–Kier alpha value is -1.72. The van der Waals surface area contributed by atoms with Gasteiger partial charge in [-0.3, -0.25) is 4.55 Å². The minimum Gasteiger partial charge on any atom is -0.744 e. The van der Waals surface area contributed by atoms with Gasteiger partial charge < -0.3 is 16.4 Å². The fraction of sp³-hybridized carbons (Fsp3) is 0. The van der Waals surface area contributed by atoms with Crippen molar-refractivity contribution in [3.05, 3.63) is 30.3 Å². The number of nitrogen functional groups attached to an aromatic ring is 1. The molecular weight excluding hydrogens is 308 g/mol. The molecule has 0 aliphatic carbocycles. The summed E-state index contributed by atoms with van der Waals surface area (Å²) in [5.41, 5.74) is 5.30. The monoisotopic (exact) mass is 320 g/mol. The number of benzene rings is 2. The molecule has 2 rings (SSSR count). The Morgan fingerprint density at radius 1 is 1.00 bits per heavy atom. The van der Waals surface area contributed by atoms with Crippen molar-refractivity contribution < 1.29 is 25.9 Å². The lowest BCUT2D eigenvalue weighted by Crippen LogP contribution is -2.03. The molecule has 2 aromatic rings. The predicted molar refractivity (Wildman–Crippen MR) is 72.1 cm³/mol. The molecule has 0 heterocycles. The van der Waals surface area contributed by atoms with Gasteiger partial charge in [0.05, 0.1) is 10.6 Å². The average molecular weight is 320 g/mol. The van der Waals surface area contributed by atoms with Gasteiger partial charge in [0.25, 0.3) is 10.1 Å². The summed E-state index contributed by atoms with van der Waals surface area (Å²) in [5, 5.41) is 0.607. The highest BCUT2D eigenvalue weighted by molar-refractivity contribution is 7.86. The third-order valence-electron chi connectivity index (χ3n) is 2.51. The molecule has 110 valence electrons. The molecule has 0 aliphatic heterocycles. The number of hydrogen-bond acceptors (Lipinski definition) is 6. The Bertz CT molecular complexity index is 874. The molecule has 0 aromatic heterocycles. The van der Waals surface area contributed by atoms with E-state index in [4.69, 9.17) is 10.3 Å². The van der Waals surface area contributed by atoms with E-state index in [9.17, 15) is 21.4 Å². The molecule has 0 aliphatic rings. The molecule has 0 unspecified atom stereocenters. The first-order valence-corrected chi connectivity index (χ1v) is 7.70. The second-order valence-corrected chi connectivity index (χ2v) is 6.60. The molecule has 0 bridgehead atoms. The largest absolute Gasteiger partial charge is 0.744 e. The average Bonchev–Trinajstić information content (AvgIpc) is 2.24. The van der Waals surface area contributed by atoms with Crippen molar-refractivity contribution in [1.82, 2.24) is 6.15 Å². The molecule has 0 radical (unpaired) electrons. The van der Waals surface area contributed by atoms with E-state index in [1.807, 2.05) is 0 Å². The molecule has 0 saturated carbocycles. The van der Waals surface area contributed by atoms with Gasteiger partial charge in [0.2, 0.25) is 0 Å². The molecule has 0 amide bonds. The lowest BCUT2D eigenvalue weighted by Gasteiger charge is -2.09. The molecule has 10 heteroatoms. The van der Waals surface area contributed by atoms with E-state index in [2.05, 4.69) is 0 Å². The highest BCUT2D eigenvalue weighted by atomic mass is 32.2. The van der Waals surface area contributed by atoms with Crippen molar-refractivity contribution in [2.45, 2.75) is 9.79 Å². The van der Waals surface area contributed by atoms with E-state index in [1.165, 1.54) is 12.1 Å². The van der Waals surface area contributed by atoms with E-state index >= 15 is 0 Å². The van der Waals surface area contributed by atoms with Crippen LogP contribution in [0.15, 0.2) is 40.1 Å². The number of quaternary nitrogens is 1. The van der Waals surface area contributed by atoms with Crippen LogP contribution < -0.4 is 11.9 Å². The van der Waals surface area contributed by atoms with Crippen molar-refractivity contribution in [2.24, 2.45) is 0 Å². The highest BCUT2D eigenvalue weighted by Crippen LogP contribution is 2.27. The van der Waals surface area contributed by atoms with Gasteiger partial charge in [-0.15, -0.1) is 0 Å². The van der Waals surface area contributed by atoms with Gasteiger partial charge in [0, 0.05) is 0 Å². The van der Waals surface area contributed by atoms with E-state index < -0.39 is 30.0 Å². The number of nitrogens with two attached hydrogens (primary N) is 1. The third kappa shape index (κ3) is 3.05.